The average molecular weight is 376 g/mol. The van der Waals surface area contributed by atoms with Crippen molar-refractivity contribution in [3.8, 4) is 0 Å². The molecule has 1 atom stereocenters. The Hall–Kier alpha value is -1.73. The van der Waals surface area contributed by atoms with Gasteiger partial charge in [0.05, 0.1) is 4.90 Å². The van der Waals surface area contributed by atoms with Crippen LogP contribution in [0, 0.1) is 0 Å². The molecule has 2 aromatic carbocycles. The number of fused-ring (bicyclic) bond motifs is 1. The number of rotatable bonds is 8. The summed E-state index contributed by atoms with van der Waals surface area (Å²) >= 11 is 1.61. The highest BCUT2D eigenvalue weighted by molar-refractivity contribution is 7.89. The zero-order valence-corrected chi connectivity index (χ0v) is 15.4. The van der Waals surface area contributed by atoms with Crippen LogP contribution in [0.3, 0.4) is 0 Å². The lowest BCUT2D eigenvalue weighted by atomic mass is 9.95. The van der Waals surface area contributed by atoms with Crippen LogP contribution in [-0.2, 0) is 10.0 Å². The van der Waals surface area contributed by atoms with Gasteiger partial charge in [-0.15, -0.1) is 0 Å². The Balaban J connectivity index is 1.73. The van der Waals surface area contributed by atoms with Crippen molar-refractivity contribution in [1.29, 1.82) is 0 Å². The minimum atomic E-state index is -3.58. The van der Waals surface area contributed by atoms with Gasteiger partial charge in [0.15, 0.2) is 0 Å². The molecule has 2 N–H and O–H groups in total. The highest BCUT2D eigenvalue weighted by Crippen LogP contribution is 2.26. The number of aliphatic hydroxyl groups excluding tert-OH is 1. The quantitative estimate of drug-likeness (QED) is 0.630. The van der Waals surface area contributed by atoms with E-state index < -0.39 is 10.0 Å². The molecule has 0 bridgehead atoms. The second-order valence-electron chi connectivity index (χ2n) is 5.93. The molecular formula is C19H21NO3S2. The molecule has 0 saturated heterocycles. The number of nitrogens with one attached hydrogen (secondary N) is 1. The highest BCUT2D eigenvalue weighted by atomic mass is 32.2. The van der Waals surface area contributed by atoms with Crippen LogP contribution in [0.25, 0.3) is 10.8 Å². The second kappa shape index (κ2) is 8.10. The molecular weight excluding hydrogens is 354 g/mol. The molecule has 1 aromatic heterocycles. The molecule has 0 fully saturated rings. The fourth-order valence-electron chi connectivity index (χ4n) is 3.02. The third-order valence-electron chi connectivity index (χ3n) is 4.32. The largest absolute Gasteiger partial charge is 0.396 e. The lowest BCUT2D eigenvalue weighted by Crippen LogP contribution is -2.26. The van der Waals surface area contributed by atoms with E-state index in [4.69, 9.17) is 0 Å². The number of benzene rings is 2. The van der Waals surface area contributed by atoms with Gasteiger partial charge in [-0.2, -0.15) is 11.3 Å². The SMILES string of the molecule is O=S(=O)(NCC[C@@H](CCO)c1ccsc1)c1cccc2ccccc12. The Labute approximate surface area is 152 Å². The van der Waals surface area contributed by atoms with Gasteiger partial charge in [0, 0.05) is 18.5 Å². The molecule has 3 rings (SSSR count). The van der Waals surface area contributed by atoms with Crippen LogP contribution in [0.2, 0.25) is 0 Å². The van der Waals surface area contributed by atoms with Crippen molar-refractivity contribution < 1.29 is 13.5 Å². The Morgan fingerprint density at radius 3 is 2.60 bits per heavy atom. The maximum atomic E-state index is 12.7. The minimum absolute atomic E-state index is 0.0938. The summed E-state index contributed by atoms with van der Waals surface area (Å²) in [6.07, 6.45) is 1.29. The molecule has 0 radical (unpaired) electrons. The Morgan fingerprint density at radius 2 is 1.84 bits per heavy atom. The van der Waals surface area contributed by atoms with Crippen LogP contribution < -0.4 is 4.72 Å². The van der Waals surface area contributed by atoms with Gasteiger partial charge in [-0.3, -0.25) is 0 Å². The van der Waals surface area contributed by atoms with Crippen LogP contribution in [0.1, 0.15) is 24.3 Å². The first kappa shape index (κ1) is 18.1. The first-order valence-corrected chi connectivity index (χ1v) is 10.6. The molecule has 0 aliphatic rings. The normalized spacial score (nSPS) is 13.2. The first-order valence-electron chi connectivity index (χ1n) is 8.22. The monoisotopic (exact) mass is 375 g/mol. The van der Waals surface area contributed by atoms with Gasteiger partial charge in [-0.1, -0.05) is 36.4 Å². The zero-order chi connectivity index (χ0) is 17.7. The number of thiophene rings is 1. The van der Waals surface area contributed by atoms with Gasteiger partial charge in [-0.05, 0) is 52.6 Å². The van der Waals surface area contributed by atoms with E-state index in [1.165, 1.54) is 0 Å². The van der Waals surface area contributed by atoms with Crippen molar-refractivity contribution in [2.45, 2.75) is 23.7 Å². The van der Waals surface area contributed by atoms with Crippen LogP contribution in [0.4, 0.5) is 0 Å². The van der Waals surface area contributed by atoms with Crippen molar-refractivity contribution in [2.75, 3.05) is 13.2 Å². The maximum Gasteiger partial charge on any atom is 0.241 e. The highest BCUT2D eigenvalue weighted by Gasteiger charge is 2.18. The molecule has 0 aliphatic carbocycles. The summed E-state index contributed by atoms with van der Waals surface area (Å²) < 4.78 is 28.1. The summed E-state index contributed by atoms with van der Waals surface area (Å²) in [6.45, 7) is 0.433. The Bertz CT molecular complexity index is 916. The number of sulfonamides is 1. The van der Waals surface area contributed by atoms with Gasteiger partial charge in [0.25, 0.3) is 0 Å². The number of hydrogen-bond acceptors (Lipinski definition) is 4. The smallest absolute Gasteiger partial charge is 0.241 e. The van der Waals surface area contributed by atoms with E-state index >= 15 is 0 Å². The predicted molar refractivity (Wildman–Crippen MR) is 103 cm³/mol. The summed E-state index contributed by atoms with van der Waals surface area (Å²) in [4.78, 5) is 0.305. The summed E-state index contributed by atoms with van der Waals surface area (Å²) in [6, 6.07) is 14.8. The van der Waals surface area contributed by atoms with Crippen LogP contribution >= 0.6 is 11.3 Å². The molecule has 0 unspecified atom stereocenters. The number of hydrogen-bond donors (Lipinski definition) is 2. The molecule has 132 valence electrons. The van der Waals surface area contributed by atoms with Gasteiger partial charge in [0.1, 0.15) is 0 Å². The minimum Gasteiger partial charge on any atom is -0.396 e. The van der Waals surface area contributed by atoms with Crippen molar-refractivity contribution in [3.05, 3.63) is 64.9 Å². The second-order valence-corrected chi connectivity index (χ2v) is 8.45. The van der Waals surface area contributed by atoms with Crippen molar-refractivity contribution in [2.24, 2.45) is 0 Å². The van der Waals surface area contributed by atoms with E-state index in [1.807, 2.05) is 41.8 Å². The van der Waals surface area contributed by atoms with E-state index in [0.717, 1.165) is 16.3 Å². The molecule has 3 aromatic rings. The average Bonchev–Trinajstić information content (AvgIpc) is 3.15. The van der Waals surface area contributed by atoms with Crippen LogP contribution in [0.5, 0.6) is 0 Å². The van der Waals surface area contributed by atoms with Crippen molar-refractivity contribution in [1.82, 2.24) is 4.72 Å². The fourth-order valence-corrected chi connectivity index (χ4v) is 5.03. The van der Waals surface area contributed by atoms with E-state index in [2.05, 4.69) is 10.1 Å². The van der Waals surface area contributed by atoms with Crippen molar-refractivity contribution >= 4 is 32.1 Å². The van der Waals surface area contributed by atoms with Crippen LogP contribution in [-0.4, -0.2) is 26.7 Å². The lowest BCUT2D eigenvalue weighted by molar-refractivity contribution is 0.273. The molecule has 0 aliphatic heterocycles. The van der Waals surface area contributed by atoms with Gasteiger partial charge >= 0.3 is 0 Å². The van der Waals surface area contributed by atoms with E-state index in [0.29, 0.717) is 24.3 Å². The van der Waals surface area contributed by atoms with Crippen LogP contribution in [0.15, 0.2) is 64.2 Å². The maximum absolute atomic E-state index is 12.7. The topological polar surface area (TPSA) is 66.4 Å². The summed E-state index contributed by atoms with van der Waals surface area (Å²) in [7, 11) is -3.58. The van der Waals surface area contributed by atoms with Gasteiger partial charge < -0.3 is 5.11 Å². The zero-order valence-electron chi connectivity index (χ0n) is 13.8. The molecule has 25 heavy (non-hydrogen) atoms. The standard InChI is InChI=1S/C19H21NO3S2/c21-12-9-15(17-10-13-24-14-17)8-11-20-25(22,23)19-7-3-5-16-4-1-2-6-18(16)19/h1-7,10,13-15,20-21H,8-9,11-12H2/t15-/m0/s1. The molecule has 0 amide bonds. The Kier molecular flexibility index (Phi) is 5.86. The molecule has 1 heterocycles. The summed E-state index contributed by atoms with van der Waals surface area (Å²) in [5.41, 5.74) is 1.16. The van der Waals surface area contributed by atoms with E-state index in [9.17, 15) is 13.5 Å². The van der Waals surface area contributed by atoms with E-state index in [1.54, 1.807) is 23.5 Å². The molecule has 0 spiro atoms. The molecule has 0 saturated carbocycles. The van der Waals surface area contributed by atoms with E-state index in [-0.39, 0.29) is 12.5 Å². The third-order valence-corrected chi connectivity index (χ3v) is 6.54. The predicted octanol–water partition coefficient (Wildman–Crippen LogP) is 3.74. The fraction of sp³-hybridized carbons (Fsp3) is 0.263. The Morgan fingerprint density at radius 1 is 1.04 bits per heavy atom. The van der Waals surface area contributed by atoms with Gasteiger partial charge in [0.2, 0.25) is 10.0 Å². The molecule has 4 nitrogen and oxygen atoms in total. The summed E-state index contributed by atoms with van der Waals surface area (Å²) in [5.74, 6) is 0.159. The third kappa shape index (κ3) is 4.27. The first-order chi connectivity index (χ1) is 12.1. The lowest BCUT2D eigenvalue weighted by Gasteiger charge is -2.15. The summed E-state index contributed by atoms with van der Waals surface area (Å²) in [5, 5.41) is 14.9. The molecule has 6 heteroatoms. The number of aliphatic hydroxyl groups is 1. The van der Waals surface area contributed by atoms with Gasteiger partial charge in [-0.25, -0.2) is 13.1 Å². The van der Waals surface area contributed by atoms with Crippen molar-refractivity contribution in [3.63, 3.8) is 0 Å².